The first-order valence-corrected chi connectivity index (χ1v) is 7.79. The highest BCUT2D eigenvalue weighted by atomic mass is 16.5. The van der Waals surface area contributed by atoms with Gasteiger partial charge in [0.1, 0.15) is 5.75 Å². The monoisotopic (exact) mass is 337 g/mol. The van der Waals surface area contributed by atoms with E-state index in [9.17, 15) is 0 Å². The van der Waals surface area contributed by atoms with Crippen LogP contribution < -0.4 is 19.5 Å². The van der Waals surface area contributed by atoms with Gasteiger partial charge in [0.2, 0.25) is 11.8 Å². The van der Waals surface area contributed by atoms with E-state index in [1.54, 1.807) is 6.07 Å². The SMILES string of the molecule is COc1cc(OC)nc(Oc2ccc(NCc3ccccc3)cc2)n1. The second kappa shape index (κ2) is 8.01. The van der Waals surface area contributed by atoms with Crippen LogP contribution in [0, 0.1) is 0 Å². The molecule has 0 spiro atoms. The molecule has 0 aliphatic carbocycles. The molecule has 1 aromatic heterocycles. The molecule has 0 aliphatic rings. The zero-order valence-corrected chi connectivity index (χ0v) is 14.1. The fourth-order valence-electron chi connectivity index (χ4n) is 2.18. The highest BCUT2D eigenvalue weighted by Crippen LogP contribution is 2.24. The lowest BCUT2D eigenvalue weighted by Gasteiger charge is -2.09. The van der Waals surface area contributed by atoms with Crippen LogP contribution in [0.2, 0.25) is 0 Å². The lowest BCUT2D eigenvalue weighted by atomic mass is 10.2. The van der Waals surface area contributed by atoms with Crippen molar-refractivity contribution in [1.29, 1.82) is 0 Å². The molecular formula is C19H19N3O3. The smallest absolute Gasteiger partial charge is 0.328 e. The summed E-state index contributed by atoms with van der Waals surface area (Å²) in [5.74, 6) is 1.38. The van der Waals surface area contributed by atoms with Crippen molar-refractivity contribution in [3.8, 4) is 23.5 Å². The van der Waals surface area contributed by atoms with Gasteiger partial charge in [-0.3, -0.25) is 0 Å². The van der Waals surface area contributed by atoms with E-state index in [4.69, 9.17) is 14.2 Å². The van der Waals surface area contributed by atoms with Crippen molar-refractivity contribution >= 4 is 5.69 Å². The van der Waals surface area contributed by atoms with Crippen LogP contribution in [0.1, 0.15) is 5.56 Å². The molecule has 1 heterocycles. The third-order valence-corrected chi connectivity index (χ3v) is 3.48. The topological polar surface area (TPSA) is 65.5 Å². The van der Waals surface area contributed by atoms with Gasteiger partial charge in [-0.05, 0) is 29.8 Å². The lowest BCUT2D eigenvalue weighted by molar-refractivity contribution is 0.348. The Kier molecular flexibility index (Phi) is 5.31. The Morgan fingerprint density at radius 3 is 2.08 bits per heavy atom. The Bertz CT molecular complexity index is 786. The number of aromatic nitrogens is 2. The van der Waals surface area contributed by atoms with Gasteiger partial charge in [-0.1, -0.05) is 30.3 Å². The number of methoxy groups -OCH3 is 2. The molecule has 0 atom stereocenters. The normalized spacial score (nSPS) is 10.2. The van der Waals surface area contributed by atoms with Crippen molar-refractivity contribution in [3.63, 3.8) is 0 Å². The molecule has 0 aliphatic heterocycles. The molecular weight excluding hydrogens is 318 g/mol. The maximum atomic E-state index is 5.67. The first-order chi connectivity index (χ1) is 12.3. The van der Waals surface area contributed by atoms with E-state index in [-0.39, 0.29) is 6.01 Å². The summed E-state index contributed by atoms with van der Waals surface area (Å²) in [6, 6.07) is 19.6. The highest BCUT2D eigenvalue weighted by molar-refractivity contribution is 5.47. The summed E-state index contributed by atoms with van der Waals surface area (Å²) in [6.45, 7) is 0.761. The van der Waals surface area contributed by atoms with Crippen LogP contribution in [0.25, 0.3) is 0 Å². The van der Waals surface area contributed by atoms with Gasteiger partial charge in [-0.15, -0.1) is 0 Å². The Labute approximate surface area is 146 Å². The zero-order chi connectivity index (χ0) is 17.5. The third-order valence-electron chi connectivity index (χ3n) is 3.48. The predicted molar refractivity (Wildman–Crippen MR) is 95.4 cm³/mol. The average Bonchev–Trinajstić information content (AvgIpc) is 2.68. The molecule has 0 saturated heterocycles. The minimum Gasteiger partial charge on any atom is -0.481 e. The number of benzene rings is 2. The third kappa shape index (κ3) is 4.60. The number of hydrogen-bond acceptors (Lipinski definition) is 6. The average molecular weight is 337 g/mol. The summed E-state index contributed by atoms with van der Waals surface area (Å²) in [5.41, 5.74) is 2.22. The summed E-state index contributed by atoms with van der Waals surface area (Å²) >= 11 is 0. The second-order valence-corrected chi connectivity index (χ2v) is 5.20. The van der Waals surface area contributed by atoms with Gasteiger partial charge in [0.05, 0.1) is 20.3 Å². The zero-order valence-electron chi connectivity index (χ0n) is 14.1. The van der Waals surface area contributed by atoms with Crippen molar-refractivity contribution in [2.24, 2.45) is 0 Å². The van der Waals surface area contributed by atoms with Gasteiger partial charge >= 0.3 is 6.01 Å². The van der Waals surface area contributed by atoms with Crippen LogP contribution >= 0.6 is 0 Å². The Balaban J connectivity index is 1.64. The van der Waals surface area contributed by atoms with Crippen LogP contribution in [0.3, 0.4) is 0 Å². The molecule has 3 aromatic rings. The Hall–Kier alpha value is -3.28. The Morgan fingerprint density at radius 2 is 1.48 bits per heavy atom. The van der Waals surface area contributed by atoms with Gasteiger partial charge in [-0.2, -0.15) is 9.97 Å². The largest absolute Gasteiger partial charge is 0.481 e. The van der Waals surface area contributed by atoms with Crippen LogP contribution in [-0.4, -0.2) is 24.2 Å². The van der Waals surface area contributed by atoms with Crippen molar-refractivity contribution in [2.45, 2.75) is 6.54 Å². The molecule has 0 unspecified atom stereocenters. The van der Waals surface area contributed by atoms with Crippen molar-refractivity contribution in [1.82, 2.24) is 9.97 Å². The van der Waals surface area contributed by atoms with E-state index in [1.807, 2.05) is 42.5 Å². The van der Waals surface area contributed by atoms with Gasteiger partial charge in [-0.25, -0.2) is 0 Å². The minimum atomic E-state index is 0.168. The molecule has 0 amide bonds. The molecule has 1 N–H and O–H groups in total. The van der Waals surface area contributed by atoms with Crippen LogP contribution in [0.15, 0.2) is 60.7 Å². The maximum absolute atomic E-state index is 5.67. The molecule has 0 fully saturated rings. The van der Waals surface area contributed by atoms with Gasteiger partial charge in [0.25, 0.3) is 0 Å². The number of ether oxygens (including phenoxy) is 3. The molecule has 6 nitrogen and oxygen atoms in total. The first kappa shape index (κ1) is 16.6. The van der Waals surface area contributed by atoms with E-state index in [2.05, 4.69) is 27.4 Å². The second-order valence-electron chi connectivity index (χ2n) is 5.20. The maximum Gasteiger partial charge on any atom is 0.328 e. The standard InChI is InChI=1S/C19H19N3O3/c1-23-17-12-18(24-2)22-19(21-17)25-16-10-8-15(9-11-16)20-13-14-6-4-3-5-7-14/h3-12,20H,13H2,1-2H3. The summed E-state index contributed by atoms with van der Waals surface area (Å²) in [4.78, 5) is 8.28. The summed E-state index contributed by atoms with van der Waals surface area (Å²) in [7, 11) is 3.05. The number of nitrogens with one attached hydrogen (secondary N) is 1. The number of rotatable bonds is 7. The number of hydrogen-bond donors (Lipinski definition) is 1. The van der Waals surface area contributed by atoms with E-state index in [0.717, 1.165) is 12.2 Å². The summed E-state index contributed by atoms with van der Waals surface area (Å²) in [6.07, 6.45) is 0. The molecule has 0 saturated carbocycles. The highest BCUT2D eigenvalue weighted by Gasteiger charge is 2.07. The Morgan fingerprint density at radius 1 is 0.840 bits per heavy atom. The summed E-state index contributed by atoms with van der Waals surface area (Å²) in [5, 5.41) is 3.36. The van der Waals surface area contributed by atoms with Gasteiger partial charge < -0.3 is 19.5 Å². The van der Waals surface area contributed by atoms with Crippen LogP contribution in [0.5, 0.6) is 23.5 Å². The summed E-state index contributed by atoms with van der Waals surface area (Å²) < 4.78 is 15.9. The van der Waals surface area contributed by atoms with Crippen molar-refractivity contribution in [3.05, 3.63) is 66.2 Å². The van der Waals surface area contributed by atoms with Crippen LogP contribution in [0.4, 0.5) is 5.69 Å². The quantitative estimate of drug-likeness (QED) is 0.705. The fourth-order valence-corrected chi connectivity index (χ4v) is 2.18. The lowest BCUT2D eigenvalue weighted by Crippen LogP contribution is -1.99. The van der Waals surface area contributed by atoms with Gasteiger partial charge in [0.15, 0.2) is 0 Å². The molecule has 25 heavy (non-hydrogen) atoms. The first-order valence-electron chi connectivity index (χ1n) is 7.79. The predicted octanol–water partition coefficient (Wildman–Crippen LogP) is 3.90. The number of nitrogens with zero attached hydrogens (tertiary/aromatic N) is 2. The molecule has 128 valence electrons. The van der Waals surface area contributed by atoms with E-state index < -0.39 is 0 Å². The molecule has 0 bridgehead atoms. The van der Waals surface area contributed by atoms with Crippen LogP contribution in [-0.2, 0) is 6.54 Å². The minimum absolute atomic E-state index is 0.168. The van der Waals surface area contributed by atoms with Crippen molar-refractivity contribution < 1.29 is 14.2 Å². The molecule has 2 aromatic carbocycles. The van der Waals surface area contributed by atoms with Crippen molar-refractivity contribution in [2.75, 3.05) is 19.5 Å². The van der Waals surface area contributed by atoms with Gasteiger partial charge in [0, 0.05) is 12.2 Å². The van der Waals surface area contributed by atoms with E-state index in [1.165, 1.54) is 19.8 Å². The van der Waals surface area contributed by atoms with E-state index in [0.29, 0.717) is 17.5 Å². The fraction of sp³-hybridized carbons (Fsp3) is 0.158. The molecule has 3 rings (SSSR count). The molecule has 0 radical (unpaired) electrons. The number of anilines is 1. The molecule has 6 heteroatoms. The van der Waals surface area contributed by atoms with E-state index >= 15 is 0 Å².